The van der Waals surface area contributed by atoms with Gasteiger partial charge in [0.25, 0.3) is 0 Å². The molecule has 1 atom stereocenters. The van der Waals surface area contributed by atoms with Crippen molar-refractivity contribution < 1.29 is 29.6 Å². The minimum atomic E-state index is -1.26. The lowest BCUT2D eigenvalue weighted by atomic mass is 9.95. The molecular weight excluding hydrogens is 362 g/mol. The molecule has 0 aliphatic heterocycles. The molecule has 1 aliphatic rings. The van der Waals surface area contributed by atoms with Gasteiger partial charge < -0.3 is 25.4 Å². The summed E-state index contributed by atoms with van der Waals surface area (Å²) in [6.45, 7) is 3.30. The lowest BCUT2D eigenvalue weighted by Gasteiger charge is -2.23. The molecule has 4 N–H and O–H groups in total. The highest BCUT2D eigenvalue weighted by molar-refractivity contribution is 5.89. The number of hydrogen-bond acceptors (Lipinski definition) is 5. The van der Waals surface area contributed by atoms with Gasteiger partial charge >= 0.3 is 11.9 Å². The maximum Gasteiger partial charge on any atom is 0.328 e. The van der Waals surface area contributed by atoms with E-state index in [1.807, 2.05) is 24.3 Å². The first-order valence-corrected chi connectivity index (χ1v) is 9.61. The van der Waals surface area contributed by atoms with Crippen LogP contribution in [0.25, 0.3) is 0 Å². The van der Waals surface area contributed by atoms with Gasteiger partial charge in [-0.15, -0.1) is 0 Å². The third-order valence-corrected chi connectivity index (χ3v) is 4.35. The Kier molecular flexibility index (Phi) is 11.6. The van der Waals surface area contributed by atoms with Crippen LogP contribution in [0.15, 0.2) is 36.4 Å². The predicted octanol–water partition coefficient (Wildman–Crippen LogP) is 2.76. The third kappa shape index (κ3) is 12.1. The molecule has 0 amide bonds. The lowest BCUT2D eigenvalue weighted by molar-refractivity contribution is -0.134. The van der Waals surface area contributed by atoms with E-state index >= 15 is 0 Å². The van der Waals surface area contributed by atoms with Crippen LogP contribution in [-0.4, -0.2) is 52.6 Å². The van der Waals surface area contributed by atoms with Gasteiger partial charge in [0, 0.05) is 18.2 Å². The molecule has 1 aromatic carbocycles. The van der Waals surface area contributed by atoms with E-state index in [-0.39, 0.29) is 0 Å². The van der Waals surface area contributed by atoms with Crippen LogP contribution < -0.4 is 10.1 Å². The van der Waals surface area contributed by atoms with Crippen molar-refractivity contribution >= 4 is 11.9 Å². The molecule has 1 aliphatic carbocycles. The fourth-order valence-electron chi connectivity index (χ4n) is 2.81. The number of aryl methyl sites for hydroxylation is 1. The topological polar surface area (TPSA) is 116 Å². The quantitative estimate of drug-likeness (QED) is 0.477. The van der Waals surface area contributed by atoms with Gasteiger partial charge in [-0.1, -0.05) is 37.0 Å². The molecule has 0 radical (unpaired) electrons. The number of aliphatic carboxylic acids is 2. The van der Waals surface area contributed by atoms with E-state index in [4.69, 9.17) is 14.9 Å². The van der Waals surface area contributed by atoms with Crippen LogP contribution >= 0.6 is 0 Å². The minimum absolute atomic E-state index is 0.370. The van der Waals surface area contributed by atoms with Crippen LogP contribution in [0.3, 0.4) is 0 Å². The molecule has 1 unspecified atom stereocenters. The van der Waals surface area contributed by atoms with Crippen molar-refractivity contribution in [1.82, 2.24) is 5.32 Å². The molecule has 0 heterocycles. The SMILES string of the molecule is Cc1ccc(OCC(O)CCNC2CCCCC2)cc1.O=C(O)/C=C\C(=O)O. The third-order valence-electron chi connectivity index (χ3n) is 4.35. The van der Waals surface area contributed by atoms with Gasteiger partial charge in [-0.3, -0.25) is 0 Å². The molecular formula is C21H31NO6. The monoisotopic (exact) mass is 393 g/mol. The normalized spacial score (nSPS) is 15.5. The number of carboxylic acid groups (broad SMARTS) is 2. The summed E-state index contributed by atoms with van der Waals surface area (Å²) in [5, 5.41) is 29.1. The summed E-state index contributed by atoms with van der Waals surface area (Å²) in [6.07, 6.45) is 8.12. The van der Waals surface area contributed by atoms with Crippen molar-refractivity contribution in [1.29, 1.82) is 0 Å². The van der Waals surface area contributed by atoms with Gasteiger partial charge in [0.1, 0.15) is 12.4 Å². The predicted molar refractivity (Wildman–Crippen MR) is 107 cm³/mol. The van der Waals surface area contributed by atoms with Crippen molar-refractivity contribution in [3.8, 4) is 5.75 Å². The summed E-state index contributed by atoms with van der Waals surface area (Å²) in [5.74, 6) is -1.69. The van der Waals surface area contributed by atoms with Crippen LogP contribution in [0.5, 0.6) is 5.75 Å². The molecule has 156 valence electrons. The molecule has 0 spiro atoms. The fraction of sp³-hybridized carbons (Fsp3) is 0.524. The van der Waals surface area contributed by atoms with Gasteiger partial charge in [0.05, 0.1) is 6.10 Å². The summed E-state index contributed by atoms with van der Waals surface area (Å²) in [6, 6.07) is 8.59. The first-order valence-electron chi connectivity index (χ1n) is 9.61. The van der Waals surface area contributed by atoms with Crippen LogP contribution in [0.2, 0.25) is 0 Å². The highest BCUT2D eigenvalue weighted by Gasteiger charge is 2.13. The van der Waals surface area contributed by atoms with E-state index in [0.29, 0.717) is 24.8 Å². The van der Waals surface area contributed by atoms with Crippen LogP contribution in [-0.2, 0) is 9.59 Å². The number of benzene rings is 1. The van der Waals surface area contributed by atoms with E-state index in [1.54, 1.807) is 0 Å². The largest absolute Gasteiger partial charge is 0.491 e. The number of nitrogens with one attached hydrogen (secondary N) is 1. The van der Waals surface area contributed by atoms with Crippen molar-refractivity contribution in [3.63, 3.8) is 0 Å². The first kappa shape index (κ1) is 23.7. The van der Waals surface area contributed by atoms with E-state index < -0.39 is 18.0 Å². The maximum absolute atomic E-state index is 9.93. The molecule has 28 heavy (non-hydrogen) atoms. The Morgan fingerprint density at radius 2 is 1.68 bits per heavy atom. The number of carboxylic acids is 2. The van der Waals surface area contributed by atoms with Crippen molar-refractivity contribution in [2.24, 2.45) is 0 Å². The highest BCUT2D eigenvalue weighted by Crippen LogP contribution is 2.17. The number of rotatable bonds is 9. The first-order chi connectivity index (χ1) is 13.4. The Labute approximate surface area is 166 Å². The smallest absolute Gasteiger partial charge is 0.328 e. The Hall–Kier alpha value is -2.38. The molecule has 0 aromatic heterocycles. The summed E-state index contributed by atoms with van der Waals surface area (Å²) >= 11 is 0. The fourth-order valence-corrected chi connectivity index (χ4v) is 2.81. The van der Waals surface area contributed by atoms with Gasteiger partial charge in [-0.2, -0.15) is 0 Å². The molecule has 2 rings (SSSR count). The van der Waals surface area contributed by atoms with Gasteiger partial charge in [-0.25, -0.2) is 9.59 Å². The van der Waals surface area contributed by atoms with Crippen LogP contribution in [0, 0.1) is 6.92 Å². The Balaban J connectivity index is 0.000000416. The summed E-state index contributed by atoms with van der Waals surface area (Å²) < 4.78 is 5.59. The summed E-state index contributed by atoms with van der Waals surface area (Å²) in [5.41, 5.74) is 1.22. The number of aliphatic hydroxyl groups is 1. The second-order valence-corrected chi connectivity index (χ2v) is 6.87. The molecule has 7 heteroatoms. The summed E-state index contributed by atoms with van der Waals surface area (Å²) in [4.78, 5) is 19.1. The van der Waals surface area contributed by atoms with Crippen molar-refractivity contribution in [2.75, 3.05) is 13.2 Å². The van der Waals surface area contributed by atoms with Gasteiger partial charge in [0.2, 0.25) is 0 Å². The average Bonchev–Trinajstić information content (AvgIpc) is 2.67. The Bertz CT molecular complexity index is 592. The van der Waals surface area contributed by atoms with Gasteiger partial charge in [0.15, 0.2) is 0 Å². The van der Waals surface area contributed by atoms with Crippen molar-refractivity contribution in [2.45, 2.75) is 57.6 Å². The van der Waals surface area contributed by atoms with E-state index in [0.717, 1.165) is 18.7 Å². The second-order valence-electron chi connectivity index (χ2n) is 6.87. The Morgan fingerprint density at radius 3 is 2.21 bits per heavy atom. The number of ether oxygens (including phenoxy) is 1. The number of carbonyl (C=O) groups is 2. The standard InChI is InChI=1S/C17H27NO2.C4H4O4/c1-14-7-9-17(10-8-14)20-13-16(19)11-12-18-15-5-3-2-4-6-15;5-3(6)1-2-4(7)8/h7-10,15-16,18-19H,2-6,11-13H2,1H3;1-2H,(H,5,6)(H,7,8)/b;2-1-. The zero-order chi connectivity index (χ0) is 20.8. The molecule has 1 fully saturated rings. The molecule has 1 saturated carbocycles. The molecule has 0 saturated heterocycles. The van der Waals surface area contributed by atoms with E-state index in [1.165, 1.54) is 37.7 Å². The lowest BCUT2D eigenvalue weighted by Crippen LogP contribution is -2.34. The van der Waals surface area contributed by atoms with Crippen LogP contribution in [0.4, 0.5) is 0 Å². The maximum atomic E-state index is 9.93. The molecule has 1 aromatic rings. The molecule has 7 nitrogen and oxygen atoms in total. The zero-order valence-corrected chi connectivity index (χ0v) is 16.3. The van der Waals surface area contributed by atoms with Gasteiger partial charge in [-0.05, 0) is 44.9 Å². The number of hydrogen-bond donors (Lipinski definition) is 4. The second kappa shape index (κ2) is 13.7. The average molecular weight is 393 g/mol. The van der Waals surface area contributed by atoms with Crippen LogP contribution in [0.1, 0.15) is 44.1 Å². The highest BCUT2D eigenvalue weighted by atomic mass is 16.5. The number of aliphatic hydroxyl groups excluding tert-OH is 1. The Morgan fingerprint density at radius 1 is 1.11 bits per heavy atom. The van der Waals surface area contributed by atoms with Crippen molar-refractivity contribution in [3.05, 3.63) is 42.0 Å². The van der Waals surface area contributed by atoms with E-state index in [2.05, 4.69) is 12.2 Å². The zero-order valence-electron chi connectivity index (χ0n) is 16.3. The molecule has 0 bridgehead atoms. The summed E-state index contributed by atoms with van der Waals surface area (Å²) in [7, 11) is 0. The minimum Gasteiger partial charge on any atom is -0.491 e. The van der Waals surface area contributed by atoms with E-state index in [9.17, 15) is 14.7 Å².